The lowest BCUT2D eigenvalue weighted by atomic mass is 10.3. The number of aromatic nitrogens is 3. The van der Waals surface area contributed by atoms with Crippen LogP contribution >= 0.6 is 35.2 Å². The van der Waals surface area contributed by atoms with Gasteiger partial charge in [-0.3, -0.25) is 0 Å². The Balaban J connectivity index is 2.21. The Labute approximate surface area is 112 Å². The summed E-state index contributed by atoms with van der Waals surface area (Å²) < 4.78 is 2.65. The van der Waals surface area contributed by atoms with E-state index in [0.717, 1.165) is 16.0 Å². The summed E-state index contributed by atoms with van der Waals surface area (Å²) in [5.41, 5.74) is 1.90. The first-order valence-electron chi connectivity index (χ1n) is 5.01. The zero-order chi connectivity index (χ0) is 11.8. The fourth-order valence-corrected chi connectivity index (χ4v) is 2.94. The third-order valence-corrected chi connectivity index (χ3v) is 3.91. The Bertz CT molecular complexity index is 712. The Morgan fingerprint density at radius 1 is 1.47 bits per heavy atom. The van der Waals surface area contributed by atoms with Crippen LogP contribution in [0.3, 0.4) is 0 Å². The molecule has 0 amide bonds. The number of aromatic amines is 1. The minimum absolute atomic E-state index is 0.653. The number of nitrogens with one attached hydrogen (secondary N) is 1. The van der Waals surface area contributed by atoms with Crippen molar-refractivity contribution in [3.05, 3.63) is 44.6 Å². The number of fused-ring (bicyclic) bond motifs is 1. The SMILES string of the molecule is S=c1[nH]c2cccc(Cl)c2n1Cc1nccs1. The van der Waals surface area contributed by atoms with Gasteiger partial charge in [0.15, 0.2) is 4.77 Å². The quantitative estimate of drug-likeness (QED) is 0.724. The molecule has 1 N–H and O–H groups in total. The largest absolute Gasteiger partial charge is 0.331 e. The minimum Gasteiger partial charge on any atom is -0.331 e. The van der Waals surface area contributed by atoms with Crippen LogP contribution < -0.4 is 0 Å². The van der Waals surface area contributed by atoms with E-state index in [0.29, 0.717) is 16.3 Å². The second-order valence-electron chi connectivity index (χ2n) is 3.58. The molecule has 0 aliphatic rings. The Morgan fingerprint density at radius 2 is 2.35 bits per heavy atom. The van der Waals surface area contributed by atoms with Crippen LogP contribution in [0.1, 0.15) is 5.01 Å². The molecular weight excluding hydrogens is 274 g/mol. The van der Waals surface area contributed by atoms with Gasteiger partial charge < -0.3 is 9.55 Å². The molecule has 0 fully saturated rings. The molecule has 0 aliphatic heterocycles. The molecule has 1 aromatic carbocycles. The molecule has 0 aliphatic carbocycles. The third-order valence-electron chi connectivity index (χ3n) is 2.52. The Morgan fingerprint density at radius 3 is 3.12 bits per heavy atom. The lowest BCUT2D eigenvalue weighted by molar-refractivity contribution is 0.803. The van der Waals surface area contributed by atoms with Gasteiger partial charge in [0.1, 0.15) is 5.01 Å². The van der Waals surface area contributed by atoms with Gasteiger partial charge in [-0.15, -0.1) is 11.3 Å². The van der Waals surface area contributed by atoms with Crippen LogP contribution in [0.2, 0.25) is 5.02 Å². The number of rotatable bonds is 2. The van der Waals surface area contributed by atoms with Crippen LogP contribution in [-0.4, -0.2) is 14.5 Å². The predicted octanol–water partition coefficient (Wildman–Crippen LogP) is 3.86. The van der Waals surface area contributed by atoms with Crippen molar-refractivity contribution in [2.75, 3.05) is 0 Å². The van der Waals surface area contributed by atoms with Gasteiger partial charge in [-0.05, 0) is 24.4 Å². The summed E-state index contributed by atoms with van der Waals surface area (Å²) >= 11 is 13.1. The molecule has 0 spiro atoms. The van der Waals surface area contributed by atoms with Crippen LogP contribution in [0, 0.1) is 4.77 Å². The van der Waals surface area contributed by atoms with Gasteiger partial charge in [-0.1, -0.05) is 17.7 Å². The van der Waals surface area contributed by atoms with Crippen molar-refractivity contribution in [3.63, 3.8) is 0 Å². The van der Waals surface area contributed by atoms with E-state index < -0.39 is 0 Å². The number of thiazole rings is 1. The summed E-state index contributed by atoms with van der Waals surface area (Å²) in [7, 11) is 0. The zero-order valence-corrected chi connectivity index (χ0v) is 11.1. The van der Waals surface area contributed by atoms with E-state index in [9.17, 15) is 0 Å². The third kappa shape index (κ3) is 1.90. The van der Waals surface area contributed by atoms with Crippen LogP contribution in [0.5, 0.6) is 0 Å². The molecule has 0 atom stereocenters. The lowest BCUT2D eigenvalue weighted by Crippen LogP contribution is -1.99. The lowest BCUT2D eigenvalue weighted by Gasteiger charge is -2.02. The van der Waals surface area contributed by atoms with Crippen molar-refractivity contribution in [2.24, 2.45) is 0 Å². The van der Waals surface area contributed by atoms with Crippen molar-refractivity contribution in [1.29, 1.82) is 0 Å². The monoisotopic (exact) mass is 281 g/mol. The normalized spacial score (nSPS) is 11.1. The fraction of sp³-hybridized carbons (Fsp3) is 0.0909. The molecule has 0 radical (unpaired) electrons. The topological polar surface area (TPSA) is 33.6 Å². The van der Waals surface area contributed by atoms with Crippen molar-refractivity contribution in [2.45, 2.75) is 6.54 Å². The summed E-state index contributed by atoms with van der Waals surface area (Å²) in [6.45, 7) is 0.653. The minimum atomic E-state index is 0.653. The molecule has 3 nitrogen and oxygen atoms in total. The summed E-state index contributed by atoms with van der Waals surface area (Å²) in [6, 6.07) is 5.74. The second kappa shape index (κ2) is 4.25. The molecule has 6 heteroatoms. The van der Waals surface area contributed by atoms with E-state index in [1.165, 1.54) is 0 Å². The highest BCUT2D eigenvalue weighted by Crippen LogP contribution is 2.24. The number of nitrogens with zero attached hydrogens (tertiary/aromatic N) is 2. The second-order valence-corrected chi connectivity index (χ2v) is 5.35. The molecule has 2 heterocycles. The predicted molar refractivity (Wildman–Crippen MR) is 73.3 cm³/mol. The standard InChI is InChI=1S/C11H8ClN3S2/c12-7-2-1-3-8-10(7)15(11(16)14-8)6-9-13-4-5-17-9/h1-5H,6H2,(H,14,16). The summed E-state index contributed by atoms with van der Waals surface area (Å²) in [4.78, 5) is 7.41. The van der Waals surface area contributed by atoms with E-state index >= 15 is 0 Å². The maximum atomic E-state index is 6.21. The number of imidazole rings is 1. The van der Waals surface area contributed by atoms with Gasteiger partial charge in [-0.2, -0.15) is 0 Å². The number of hydrogen-bond acceptors (Lipinski definition) is 3. The molecule has 0 saturated carbocycles. The van der Waals surface area contributed by atoms with Crippen LogP contribution in [0.15, 0.2) is 29.8 Å². The number of H-pyrrole nitrogens is 1. The van der Waals surface area contributed by atoms with Crippen molar-refractivity contribution in [1.82, 2.24) is 14.5 Å². The highest BCUT2D eigenvalue weighted by molar-refractivity contribution is 7.71. The van der Waals surface area contributed by atoms with Gasteiger partial charge in [0.2, 0.25) is 0 Å². The molecule has 2 aromatic heterocycles. The molecule has 0 bridgehead atoms. The molecule has 86 valence electrons. The van der Waals surface area contributed by atoms with Crippen LogP contribution in [0.4, 0.5) is 0 Å². The fourth-order valence-electron chi connectivity index (χ4n) is 1.79. The van der Waals surface area contributed by atoms with E-state index in [4.69, 9.17) is 23.8 Å². The summed E-state index contributed by atoms with van der Waals surface area (Å²) in [6.07, 6.45) is 1.79. The first kappa shape index (κ1) is 11.0. The van der Waals surface area contributed by atoms with Crippen LogP contribution in [-0.2, 0) is 6.54 Å². The number of benzene rings is 1. The van der Waals surface area contributed by atoms with Gasteiger partial charge >= 0.3 is 0 Å². The van der Waals surface area contributed by atoms with E-state index in [-0.39, 0.29) is 0 Å². The van der Waals surface area contributed by atoms with Crippen LogP contribution in [0.25, 0.3) is 11.0 Å². The summed E-state index contributed by atoms with van der Waals surface area (Å²) in [5.74, 6) is 0. The molecule has 3 aromatic rings. The van der Waals surface area contributed by atoms with E-state index in [1.54, 1.807) is 17.5 Å². The number of halogens is 1. The van der Waals surface area contributed by atoms with E-state index in [2.05, 4.69) is 9.97 Å². The van der Waals surface area contributed by atoms with E-state index in [1.807, 2.05) is 28.1 Å². The molecular formula is C11H8ClN3S2. The van der Waals surface area contributed by atoms with Gasteiger partial charge in [0.05, 0.1) is 22.6 Å². The molecule has 0 unspecified atom stereocenters. The number of para-hydroxylation sites is 1. The van der Waals surface area contributed by atoms with Gasteiger partial charge in [0.25, 0.3) is 0 Å². The maximum Gasteiger partial charge on any atom is 0.178 e. The van der Waals surface area contributed by atoms with Crippen molar-refractivity contribution >= 4 is 46.2 Å². The highest BCUT2D eigenvalue weighted by Gasteiger charge is 2.09. The van der Waals surface area contributed by atoms with Crippen molar-refractivity contribution < 1.29 is 0 Å². The van der Waals surface area contributed by atoms with Gasteiger partial charge in [0, 0.05) is 11.6 Å². The molecule has 3 rings (SSSR count). The Kier molecular flexibility index (Phi) is 2.74. The zero-order valence-electron chi connectivity index (χ0n) is 8.68. The first-order valence-corrected chi connectivity index (χ1v) is 6.67. The average molecular weight is 282 g/mol. The first-order chi connectivity index (χ1) is 8.25. The maximum absolute atomic E-state index is 6.21. The smallest absolute Gasteiger partial charge is 0.178 e. The number of hydrogen-bond donors (Lipinski definition) is 1. The highest BCUT2D eigenvalue weighted by atomic mass is 35.5. The van der Waals surface area contributed by atoms with Gasteiger partial charge in [-0.25, -0.2) is 4.98 Å². The summed E-state index contributed by atoms with van der Waals surface area (Å²) in [5, 5.41) is 3.67. The van der Waals surface area contributed by atoms with Crippen molar-refractivity contribution in [3.8, 4) is 0 Å². The average Bonchev–Trinajstić information content (AvgIpc) is 2.89. The molecule has 0 saturated heterocycles. The Hall–Kier alpha value is -1.17. The molecule has 17 heavy (non-hydrogen) atoms.